The topological polar surface area (TPSA) is 38.7 Å². The van der Waals surface area contributed by atoms with Crippen LogP contribution in [0.4, 0.5) is 34.4 Å². The zero-order valence-electron chi connectivity index (χ0n) is 14.9. The smallest absolute Gasteiger partial charge is 0.121 e. The van der Waals surface area contributed by atoms with Gasteiger partial charge in [0.05, 0.1) is 11.4 Å². The van der Waals surface area contributed by atoms with Gasteiger partial charge >= 0.3 is 0 Å². The minimum absolute atomic E-state index is 0. The second-order valence-electron chi connectivity index (χ2n) is 6.31. The zero-order valence-corrected chi connectivity index (χ0v) is 17.4. The van der Waals surface area contributed by atoms with Gasteiger partial charge in [-0.1, -0.05) is 0 Å². The number of hydrogen-bond acceptors (Lipinski definition) is 6. The molecule has 6 nitrogen and oxygen atoms in total. The van der Waals surface area contributed by atoms with Gasteiger partial charge in [-0.15, -0.1) is 29.6 Å². The Hall–Kier alpha value is -2.64. The summed E-state index contributed by atoms with van der Waals surface area (Å²) >= 11 is 0. The largest absolute Gasteiger partial charge is 0.492 e. The molecule has 0 bridgehead atoms. The number of rotatable bonds is 2. The molecule has 2 aromatic heterocycles. The van der Waals surface area contributed by atoms with Gasteiger partial charge < -0.3 is 19.6 Å². The van der Waals surface area contributed by atoms with Crippen LogP contribution in [-0.2, 0) is 19.8 Å². The first-order valence-electron chi connectivity index (χ1n) is 8.39. The maximum atomic E-state index is 4.46. The molecule has 4 heterocycles. The SMILES string of the molecule is CN1[CH-]N(c2[c-]c(N3[CH-]N(C)c4ncccc43)ccc2)c2cccnc21.[Os]. The van der Waals surface area contributed by atoms with Crippen LogP contribution < -0.4 is 19.6 Å². The Bertz CT molecular complexity index is 903. The summed E-state index contributed by atoms with van der Waals surface area (Å²) in [5.41, 5.74) is 4.03. The molecule has 0 aliphatic carbocycles. The van der Waals surface area contributed by atoms with E-state index < -0.39 is 0 Å². The molecule has 2 aliphatic heterocycles. The molecule has 0 saturated heterocycles. The molecule has 0 unspecified atom stereocenters. The van der Waals surface area contributed by atoms with Crippen molar-refractivity contribution >= 4 is 34.4 Å². The van der Waals surface area contributed by atoms with Gasteiger partial charge in [-0.2, -0.15) is 19.4 Å². The zero-order chi connectivity index (χ0) is 17.7. The number of benzene rings is 1. The van der Waals surface area contributed by atoms with E-state index in [-0.39, 0.29) is 19.8 Å². The van der Waals surface area contributed by atoms with E-state index in [0.717, 1.165) is 34.4 Å². The number of aromatic nitrogens is 2. The number of anilines is 6. The van der Waals surface area contributed by atoms with Crippen LogP contribution in [0, 0.1) is 19.4 Å². The third-order valence-electron chi connectivity index (χ3n) is 4.58. The average molecular weight is 532 g/mol. The Morgan fingerprint density at radius 3 is 1.70 bits per heavy atom. The number of fused-ring (bicyclic) bond motifs is 2. The fraction of sp³-hybridized carbons (Fsp3) is 0.100. The molecule has 0 spiro atoms. The first-order chi connectivity index (χ1) is 12.7. The molecule has 0 amide bonds. The Morgan fingerprint density at radius 1 is 0.741 bits per heavy atom. The summed E-state index contributed by atoms with van der Waals surface area (Å²) in [7, 11) is 4.00. The first-order valence-corrected chi connectivity index (χ1v) is 8.39. The van der Waals surface area contributed by atoms with Gasteiger partial charge in [0.15, 0.2) is 0 Å². The van der Waals surface area contributed by atoms with Crippen LogP contribution in [0.2, 0.25) is 0 Å². The Kier molecular flexibility index (Phi) is 4.49. The van der Waals surface area contributed by atoms with Gasteiger partial charge in [-0.3, -0.25) is 0 Å². The standard InChI is InChI=1S/C20H17N6.Os/c1-23-13-25(17-8-4-10-21-19(17)23)15-6-3-7-16(12-15)26-14-24(2)20-18(26)9-5-11-22-20;/h3-11,13-14H,1-2H3;/q-3;. The van der Waals surface area contributed by atoms with Gasteiger partial charge in [0.2, 0.25) is 0 Å². The van der Waals surface area contributed by atoms with Crippen molar-refractivity contribution in [3.63, 3.8) is 0 Å². The minimum atomic E-state index is 0. The van der Waals surface area contributed by atoms with Crippen molar-refractivity contribution < 1.29 is 19.8 Å². The van der Waals surface area contributed by atoms with Gasteiger partial charge in [0.25, 0.3) is 0 Å². The summed E-state index contributed by atoms with van der Waals surface area (Å²) in [5, 5.41) is 0. The third-order valence-corrected chi connectivity index (χ3v) is 4.58. The Morgan fingerprint density at radius 2 is 1.22 bits per heavy atom. The van der Waals surface area contributed by atoms with E-state index in [9.17, 15) is 0 Å². The van der Waals surface area contributed by atoms with E-state index in [2.05, 4.69) is 50.1 Å². The molecule has 0 saturated carbocycles. The second-order valence-corrected chi connectivity index (χ2v) is 6.31. The van der Waals surface area contributed by atoms with Crippen molar-refractivity contribution in [2.45, 2.75) is 0 Å². The van der Waals surface area contributed by atoms with Gasteiger partial charge in [-0.25, -0.2) is 9.97 Å². The van der Waals surface area contributed by atoms with Crippen LogP contribution in [0.25, 0.3) is 0 Å². The van der Waals surface area contributed by atoms with Gasteiger partial charge in [0.1, 0.15) is 11.6 Å². The van der Waals surface area contributed by atoms with E-state index in [1.54, 1.807) is 0 Å². The van der Waals surface area contributed by atoms with Crippen molar-refractivity contribution in [1.29, 1.82) is 0 Å². The molecule has 0 fully saturated rings. The molecule has 0 atom stereocenters. The van der Waals surface area contributed by atoms with Crippen LogP contribution in [-0.4, -0.2) is 24.1 Å². The normalized spacial score (nSPS) is 14.9. The number of hydrogen-bond donors (Lipinski definition) is 0. The van der Waals surface area contributed by atoms with Crippen molar-refractivity contribution in [1.82, 2.24) is 9.97 Å². The molecule has 5 rings (SSSR count). The van der Waals surface area contributed by atoms with Crippen molar-refractivity contribution in [2.24, 2.45) is 0 Å². The number of nitrogens with zero attached hydrogens (tertiary/aromatic N) is 6. The summed E-state index contributed by atoms with van der Waals surface area (Å²) in [6.45, 7) is 4.06. The van der Waals surface area contributed by atoms with Crippen LogP contribution >= 0.6 is 0 Å². The van der Waals surface area contributed by atoms with Crippen LogP contribution in [0.5, 0.6) is 0 Å². The molecule has 27 heavy (non-hydrogen) atoms. The van der Waals surface area contributed by atoms with Crippen LogP contribution in [0.15, 0.2) is 54.9 Å². The van der Waals surface area contributed by atoms with Crippen molar-refractivity contribution in [2.75, 3.05) is 33.7 Å². The average Bonchev–Trinajstić information content (AvgIpc) is 3.20. The fourth-order valence-electron chi connectivity index (χ4n) is 3.39. The second kappa shape index (κ2) is 6.83. The quantitative estimate of drug-likeness (QED) is 0.470. The molecule has 2 aliphatic rings. The summed E-state index contributed by atoms with van der Waals surface area (Å²) < 4.78 is 0. The van der Waals surface area contributed by atoms with E-state index in [4.69, 9.17) is 0 Å². The molecule has 138 valence electrons. The fourth-order valence-corrected chi connectivity index (χ4v) is 3.39. The van der Waals surface area contributed by atoms with E-state index in [1.165, 1.54) is 0 Å². The Balaban J connectivity index is 0.00000180. The van der Waals surface area contributed by atoms with Crippen LogP contribution in [0.1, 0.15) is 0 Å². The molecular formula is C20H17N6Os-3. The predicted octanol–water partition coefficient (Wildman–Crippen LogP) is 3.69. The third kappa shape index (κ3) is 2.83. The van der Waals surface area contributed by atoms with Gasteiger partial charge in [0, 0.05) is 32.2 Å². The number of pyridine rings is 2. The monoisotopic (exact) mass is 533 g/mol. The molecule has 1 aromatic carbocycles. The van der Waals surface area contributed by atoms with Crippen molar-refractivity contribution in [3.05, 3.63) is 74.3 Å². The van der Waals surface area contributed by atoms with E-state index >= 15 is 0 Å². The molecular weight excluding hydrogens is 514 g/mol. The van der Waals surface area contributed by atoms with Gasteiger partial charge in [-0.05, 0) is 38.4 Å². The summed E-state index contributed by atoms with van der Waals surface area (Å²) in [5.74, 6) is 1.88. The summed E-state index contributed by atoms with van der Waals surface area (Å²) in [6.07, 6.45) is 3.62. The summed E-state index contributed by atoms with van der Waals surface area (Å²) in [6, 6.07) is 17.7. The summed E-state index contributed by atoms with van der Waals surface area (Å²) in [4.78, 5) is 17.2. The molecule has 3 aromatic rings. The molecule has 0 N–H and O–H groups in total. The maximum Gasteiger partial charge on any atom is 0.121 e. The van der Waals surface area contributed by atoms with E-state index in [1.807, 2.05) is 67.8 Å². The minimum Gasteiger partial charge on any atom is -0.492 e. The Labute approximate surface area is 172 Å². The maximum absolute atomic E-state index is 4.46. The van der Waals surface area contributed by atoms with Crippen LogP contribution in [0.3, 0.4) is 0 Å². The molecule has 0 radical (unpaired) electrons. The predicted molar refractivity (Wildman–Crippen MR) is 103 cm³/mol. The van der Waals surface area contributed by atoms with E-state index in [0.29, 0.717) is 0 Å². The first kappa shape index (κ1) is 17.8. The molecule has 7 heteroatoms. The van der Waals surface area contributed by atoms with Crippen molar-refractivity contribution in [3.8, 4) is 0 Å².